The standard InChI is InChI=1S/C17H19FN2O4S/c1-24-12-2-11-19-25(22,23)16-9-7-15(8-10-16)20-17(21)13-3-5-14(18)6-4-13/h3-10,19H,2,11-12H2,1H3,(H,20,21). The number of carbonyl (C=O) groups is 1. The van der Waals surface area contributed by atoms with E-state index in [1.54, 1.807) is 7.11 Å². The second kappa shape index (κ2) is 8.70. The fraction of sp³-hybridized carbons (Fsp3) is 0.235. The van der Waals surface area contributed by atoms with Crippen LogP contribution in [-0.4, -0.2) is 34.6 Å². The van der Waals surface area contributed by atoms with Gasteiger partial charge < -0.3 is 10.1 Å². The van der Waals surface area contributed by atoms with Gasteiger partial charge in [-0.15, -0.1) is 0 Å². The Morgan fingerprint density at radius 2 is 1.72 bits per heavy atom. The van der Waals surface area contributed by atoms with Crippen LogP contribution >= 0.6 is 0 Å². The third-order valence-corrected chi connectivity index (χ3v) is 4.82. The Kier molecular flexibility index (Phi) is 6.63. The first kappa shape index (κ1) is 19.0. The van der Waals surface area contributed by atoms with E-state index in [0.29, 0.717) is 24.3 Å². The lowest BCUT2D eigenvalue weighted by molar-refractivity contribution is 0.102. The maximum atomic E-state index is 12.9. The summed E-state index contributed by atoms with van der Waals surface area (Å²) in [4.78, 5) is 12.1. The molecule has 25 heavy (non-hydrogen) atoms. The zero-order valence-corrected chi connectivity index (χ0v) is 14.5. The first-order valence-corrected chi connectivity index (χ1v) is 9.06. The smallest absolute Gasteiger partial charge is 0.255 e. The Balaban J connectivity index is 1.99. The summed E-state index contributed by atoms with van der Waals surface area (Å²) in [7, 11) is -2.05. The first-order chi connectivity index (χ1) is 11.9. The van der Waals surface area contributed by atoms with Gasteiger partial charge in [0.15, 0.2) is 0 Å². The number of hydrogen-bond acceptors (Lipinski definition) is 4. The first-order valence-electron chi connectivity index (χ1n) is 7.58. The third kappa shape index (κ3) is 5.63. The van der Waals surface area contributed by atoms with Crippen molar-refractivity contribution in [2.75, 3.05) is 25.6 Å². The number of benzene rings is 2. The molecule has 0 spiro atoms. The predicted octanol–water partition coefficient (Wildman–Crippen LogP) is 2.39. The van der Waals surface area contributed by atoms with Gasteiger partial charge in [0, 0.05) is 31.5 Å². The lowest BCUT2D eigenvalue weighted by Gasteiger charge is -2.08. The van der Waals surface area contributed by atoms with Crippen LogP contribution in [0.1, 0.15) is 16.8 Å². The Morgan fingerprint density at radius 3 is 2.32 bits per heavy atom. The molecule has 0 unspecified atom stereocenters. The van der Waals surface area contributed by atoms with Gasteiger partial charge in [-0.1, -0.05) is 0 Å². The molecule has 0 atom stereocenters. The summed E-state index contributed by atoms with van der Waals surface area (Å²) in [6.45, 7) is 0.746. The highest BCUT2D eigenvalue weighted by Crippen LogP contribution is 2.15. The minimum atomic E-state index is -3.60. The molecule has 0 fully saturated rings. The normalized spacial score (nSPS) is 11.3. The lowest BCUT2D eigenvalue weighted by atomic mass is 10.2. The van der Waals surface area contributed by atoms with Crippen molar-refractivity contribution in [3.63, 3.8) is 0 Å². The Morgan fingerprint density at radius 1 is 1.08 bits per heavy atom. The number of methoxy groups -OCH3 is 1. The van der Waals surface area contributed by atoms with E-state index in [4.69, 9.17) is 4.74 Å². The molecule has 2 rings (SSSR count). The summed E-state index contributed by atoms with van der Waals surface area (Å²) in [5, 5.41) is 2.62. The summed E-state index contributed by atoms with van der Waals surface area (Å²) < 4.78 is 44.4. The molecular formula is C17H19FN2O4S. The average Bonchev–Trinajstić information content (AvgIpc) is 2.60. The summed E-state index contributed by atoms with van der Waals surface area (Å²) in [6, 6.07) is 10.9. The van der Waals surface area contributed by atoms with Crippen LogP contribution in [0.3, 0.4) is 0 Å². The number of ether oxygens (including phenoxy) is 1. The summed E-state index contributed by atoms with van der Waals surface area (Å²) in [5.74, 6) is -0.836. The van der Waals surface area contributed by atoms with Crippen LogP contribution in [0.4, 0.5) is 10.1 Å². The molecule has 2 N–H and O–H groups in total. The number of sulfonamides is 1. The van der Waals surface area contributed by atoms with Gasteiger partial charge >= 0.3 is 0 Å². The minimum absolute atomic E-state index is 0.102. The minimum Gasteiger partial charge on any atom is -0.385 e. The van der Waals surface area contributed by atoms with Gasteiger partial charge in [-0.25, -0.2) is 17.5 Å². The van der Waals surface area contributed by atoms with Crippen LogP contribution in [0.2, 0.25) is 0 Å². The van der Waals surface area contributed by atoms with Gasteiger partial charge in [0.25, 0.3) is 5.91 Å². The lowest BCUT2D eigenvalue weighted by Crippen LogP contribution is -2.25. The third-order valence-electron chi connectivity index (χ3n) is 3.35. The SMILES string of the molecule is COCCCNS(=O)(=O)c1ccc(NC(=O)c2ccc(F)cc2)cc1. The van der Waals surface area contributed by atoms with Crippen molar-refractivity contribution in [1.82, 2.24) is 4.72 Å². The molecule has 8 heteroatoms. The predicted molar refractivity (Wildman–Crippen MR) is 92.5 cm³/mol. The Bertz CT molecular complexity index is 806. The van der Waals surface area contributed by atoms with E-state index in [2.05, 4.69) is 10.0 Å². The van der Waals surface area contributed by atoms with Crippen molar-refractivity contribution >= 4 is 21.6 Å². The zero-order valence-electron chi connectivity index (χ0n) is 13.7. The van der Waals surface area contributed by atoms with Crippen LogP contribution in [0.15, 0.2) is 53.4 Å². The second-order valence-corrected chi connectivity index (χ2v) is 7.00. The largest absolute Gasteiger partial charge is 0.385 e. The van der Waals surface area contributed by atoms with Crippen molar-refractivity contribution in [2.24, 2.45) is 0 Å². The van der Waals surface area contributed by atoms with Gasteiger partial charge in [-0.2, -0.15) is 0 Å². The number of rotatable bonds is 8. The van der Waals surface area contributed by atoms with E-state index in [1.807, 2.05) is 0 Å². The van der Waals surface area contributed by atoms with Gasteiger partial charge in [0.05, 0.1) is 4.90 Å². The molecular weight excluding hydrogens is 347 g/mol. The molecule has 134 valence electrons. The molecule has 6 nitrogen and oxygen atoms in total. The van der Waals surface area contributed by atoms with E-state index in [0.717, 1.165) is 0 Å². The van der Waals surface area contributed by atoms with Crippen LogP contribution in [0.25, 0.3) is 0 Å². The van der Waals surface area contributed by atoms with Crippen LogP contribution < -0.4 is 10.0 Å². The van der Waals surface area contributed by atoms with E-state index >= 15 is 0 Å². The fourth-order valence-corrected chi connectivity index (χ4v) is 3.10. The molecule has 1 amide bonds. The molecule has 0 radical (unpaired) electrons. The molecule has 2 aromatic rings. The van der Waals surface area contributed by atoms with Crippen LogP contribution in [0, 0.1) is 5.82 Å². The van der Waals surface area contributed by atoms with Gasteiger partial charge in [-0.05, 0) is 55.0 Å². The summed E-state index contributed by atoms with van der Waals surface area (Å²) in [5.41, 5.74) is 0.741. The fourth-order valence-electron chi connectivity index (χ4n) is 2.03. The highest BCUT2D eigenvalue weighted by Gasteiger charge is 2.13. The molecule has 0 heterocycles. The van der Waals surface area contributed by atoms with Crippen molar-refractivity contribution in [3.8, 4) is 0 Å². The van der Waals surface area contributed by atoms with Crippen molar-refractivity contribution < 1.29 is 22.3 Å². The van der Waals surface area contributed by atoms with Gasteiger partial charge in [0.1, 0.15) is 5.82 Å². The van der Waals surface area contributed by atoms with E-state index in [-0.39, 0.29) is 11.4 Å². The number of nitrogens with one attached hydrogen (secondary N) is 2. The topological polar surface area (TPSA) is 84.5 Å². The molecule has 0 aromatic heterocycles. The number of hydrogen-bond donors (Lipinski definition) is 2. The second-order valence-electron chi connectivity index (χ2n) is 5.23. The van der Waals surface area contributed by atoms with Crippen molar-refractivity contribution in [1.29, 1.82) is 0 Å². The Labute approximate surface area is 146 Å². The maximum absolute atomic E-state index is 12.9. The molecule has 0 aliphatic heterocycles. The summed E-state index contributed by atoms with van der Waals surface area (Å²) in [6.07, 6.45) is 0.571. The number of amides is 1. The highest BCUT2D eigenvalue weighted by atomic mass is 32.2. The molecule has 0 aliphatic rings. The van der Waals surface area contributed by atoms with Crippen LogP contribution in [-0.2, 0) is 14.8 Å². The molecule has 0 saturated heterocycles. The number of carbonyl (C=O) groups excluding carboxylic acids is 1. The molecule has 0 aliphatic carbocycles. The zero-order chi connectivity index (χ0) is 18.3. The van der Waals surface area contributed by atoms with Crippen LogP contribution in [0.5, 0.6) is 0 Å². The molecule has 0 bridgehead atoms. The number of anilines is 1. The van der Waals surface area contributed by atoms with E-state index < -0.39 is 21.7 Å². The monoisotopic (exact) mass is 366 g/mol. The van der Waals surface area contributed by atoms with Crippen molar-refractivity contribution in [3.05, 3.63) is 59.9 Å². The Hall–Kier alpha value is -2.29. The highest BCUT2D eigenvalue weighted by molar-refractivity contribution is 7.89. The summed E-state index contributed by atoms with van der Waals surface area (Å²) >= 11 is 0. The van der Waals surface area contributed by atoms with E-state index in [9.17, 15) is 17.6 Å². The van der Waals surface area contributed by atoms with Crippen molar-refractivity contribution in [2.45, 2.75) is 11.3 Å². The van der Waals surface area contributed by atoms with Gasteiger partial charge in [0.2, 0.25) is 10.0 Å². The van der Waals surface area contributed by atoms with E-state index in [1.165, 1.54) is 48.5 Å². The molecule has 2 aromatic carbocycles. The average molecular weight is 366 g/mol. The maximum Gasteiger partial charge on any atom is 0.255 e. The molecule has 0 saturated carbocycles. The number of halogens is 1. The quantitative estimate of drug-likeness (QED) is 0.703. The van der Waals surface area contributed by atoms with Gasteiger partial charge in [-0.3, -0.25) is 4.79 Å².